The summed E-state index contributed by atoms with van der Waals surface area (Å²) in [6, 6.07) is 12.1. The van der Waals surface area contributed by atoms with Gasteiger partial charge in [0.1, 0.15) is 29.0 Å². The number of pyridine rings is 1. The zero-order valence-electron chi connectivity index (χ0n) is 14.3. The molecule has 0 bridgehead atoms. The highest BCUT2D eigenvalue weighted by Crippen LogP contribution is 2.42. The maximum atomic E-state index is 9.58. The summed E-state index contributed by atoms with van der Waals surface area (Å²) < 4.78 is 5.27. The fraction of sp³-hybridized carbons (Fsp3) is 0.150. The van der Waals surface area contributed by atoms with Crippen molar-refractivity contribution >= 4 is 23.0 Å². The van der Waals surface area contributed by atoms with Gasteiger partial charge < -0.3 is 4.74 Å². The van der Waals surface area contributed by atoms with Crippen molar-refractivity contribution in [2.24, 2.45) is 0 Å². The standard InChI is InChI=1S/C20H16N4O/c1-11-15(8-13-5-4-6-14(7-13)25-3)18-12(2)17(10-22)20(23)24-19(18)16(11)9-21/h4-8H,1-3H3,(H2,23,24)/p+1. The summed E-state index contributed by atoms with van der Waals surface area (Å²) in [7, 11) is 1.62. The van der Waals surface area contributed by atoms with Crippen LogP contribution in [-0.4, -0.2) is 7.11 Å². The molecule has 0 fully saturated rings. The van der Waals surface area contributed by atoms with Gasteiger partial charge in [-0.25, -0.2) is 4.98 Å². The lowest BCUT2D eigenvalue weighted by Gasteiger charge is -2.09. The number of hydrogen-bond acceptors (Lipinski definition) is 4. The molecule has 0 aliphatic heterocycles. The van der Waals surface area contributed by atoms with E-state index in [0.29, 0.717) is 16.8 Å². The normalized spacial score (nSPS) is 14.2. The van der Waals surface area contributed by atoms with E-state index in [2.05, 4.69) is 17.1 Å². The second-order valence-corrected chi connectivity index (χ2v) is 5.85. The van der Waals surface area contributed by atoms with E-state index in [1.54, 1.807) is 7.11 Å². The highest BCUT2D eigenvalue weighted by Gasteiger charge is 2.32. The maximum absolute atomic E-state index is 9.58. The Morgan fingerprint density at radius 2 is 1.96 bits per heavy atom. The molecular formula is C20H17N4O+. The van der Waals surface area contributed by atoms with E-state index in [1.165, 1.54) is 0 Å². The average Bonchev–Trinajstić information content (AvgIpc) is 2.86. The summed E-state index contributed by atoms with van der Waals surface area (Å²) in [6.45, 7) is 3.76. The van der Waals surface area contributed by atoms with Crippen molar-refractivity contribution in [3.05, 3.63) is 57.8 Å². The van der Waals surface area contributed by atoms with Crippen molar-refractivity contribution in [1.29, 1.82) is 10.5 Å². The summed E-state index contributed by atoms with van der Waals surface area (Å²) >= 11 is 0. The number of fused-ring (bicyclic) bond motifs is 1. The Morgan fingerprint density at radius 1 is 1.20 bits per heavy atom. The summed E-state index contributed by atoms with van der Waals surface area (Å²) in [5, 5.41) is 19.0. The van der Waals surface area contributed by atoms with Crippen LogP contribution >= 0.6 is 0 Å². The van der Waals surface area contributed by atoms with Gasteiger partial charge in [-0.3, -0.25) is 5.73 Å². The molecule has 25 heavy (non-hydrogen) atoms. The van der Waals surface area contributed by atoms with Crippen LogP contribution in [0.3, 0.4) is 0 Å². The summed E-state index contributed by atoms with van der Waals surface area (Å²) in [5.41, 5.74) is 11.9. The third kappa shape index (κ3) is 2.52. The molecule has 0 saturated heterocycles. The third-order valence-electron chi connectivity index (χ3n) is 4.46. The third-order valence-corrected chi connectivity index (χ3v) is 4.46. The SMILES string of the molecule is COc1cccc(C=C2C(C)=C(C#N)c3[nH+]c(N)c(C#N)c(C)c32)c1. The minimum atomic E-state index is 0.280. The molecule has 1 aliphatic rings. The van der Waals surface area contributed by atoms with Gasteiger partial charge in [0, 0.05) is 5.56 Å². The van der Waals surface area contributed by atoms with Crippen LogP contribution < -0.4 is 15.5 Å². The lowest BCUT2D eigenvalue weighted by molar-refractivity contribution is -0.364. The van der Waals surface area contributed by atoms with Crippen LogP contribution in [0.2, 0.25) is 0 Å². The summed E-state index contributed by atoms with van der Waals surface area (Å²) in [5.74, 6) is 1.04. The van der Waals surface area contributed by atoms with Crippen molar-refractivity contribution in [3.63, 3.8) is 0 Å². The van der Waals surface area contributed by atoms with Gasteiger partial charge >= 0.3 is 0 Å². The predicted octanol–water partition coefficient (Wildman–Crippen LogP) is 3.12. The number of methoxy groups -OCH3 is 1. The van der Waals surface area contributed by atoms with Crippen LogP contribution in [0, 0.1) is 29.6 Å². The second kappa shape index (κ2) is 6.14. The smallest absolute Gasteiger partial charge is 0.289 e. The first-order valence-electron chi connectivity index (χ1n) is 7.75. The van der Waals surface area contributed by atoms with Crippen molar-refractivity contribution < 1.29 is 9.72 Å². The van der Waals surface area contributed by atoms with Gasteiger partial charge in [0.15, 0.2) is 5.69 Å². The number of allylic oxidation sites excluding steroid dienone is 3. The Hall–Kier alpha value is -3.57. The number of ether oxygens (including phenoxy) is 1. The molecule has 0 radical (unpaired) electrons. The van der Waals surface area contributed by atoms with Crippen LogP contribution in [0.4, 0.5) is 5.82 Å². The van der Waals surface area contributed by atoms with E-state index in [0.717, 1.165) is 33.6 Å². The molecule has 0 unspecified atom stereocenters. The molecule has 0 atom stereocenters. The van der Waals surface area contributed by atoms with Crippen LogP contribution in [0.25, 0.3) is 17.2 Å². The molecule has 3 N–H and O–H groups in total. The van der Waals surface area contributed by atoms with Gasteiger partial charge in [-0.2, -0.15) is 10.5 Å². The first-order chi connectivity index (χ1) is 12.0. The van der Waals surface area contributed by atoms with Gasteiger partial charge in [0.25, 0.3) is 5.82 Å². The molecule has 1 aliphatic carbocycles. The number of benzene rings is 1. The Labute approximate surface area is 146 Å². The van der Waals surface area contributed by atoms with Crippen molar-refractivity contribution in [2.45, 2.75) is 13.8 Å². The van der Waals surface area contributed by atoms with E-state index in [1.807, 2.05) is 44.2 Å². The Kier molecular flexibility index (Phi) is 4.00. The molecule has 122 valence electrons. The number of nitriles is 2. The molecule has 3 rings (SSSR count). The minimum absolute atomic E-state index is 0.280. The van der Waals surface area contributed by atoms with Gasteiger partial charge in [-0.1, -0.05) is 12.1 Å². The fourth-order valence-electron chi connectivity index (χ4n) is 3.17. The van der Waals surface area contributed by atoms with Gasteiger partial charge in [0.05, 0.1) is 7.11 Å². The van der Waals surface area contributed by atoms with Gasteiger partial charge in [-0.15, -0.1) is 0 Å². The Morgan fingerprint density at radius 3 is 2.60 bits per heavy atom. The van der Waals surface area contributed by atoms with Crippen LogP contribution in [-0.2, 0) is 0 Å². The number of hydrogen-bond donors (Lipinski definition) is 1. The number of H-pyrrole nitrogens is 1. The fourth-order valence-corrected chi connectivity index (χ4v) is 3.17. The van der Waals surface area contributed by atoms with Crippen LogP contribution in [0.15, 0.2) is 29.8 Å². The molecule has 1 heterocycles. The number of nitrogens with one attached hydrogen (secondary N) is 1. The van der Waals surface area contributed by atoms with Crippen molar-refractivity contribution in [1.82, 2.24) is 0 Å². The van der Waals surface area contributed by atoms with E-state index in [-0.39, 0.29) is 5.82 Å². The molecule has 1 aromatic heterocycles. The Balaban J connectivity index is 2.30. The first kappa shape index (κ1) is 16.3. The number of nitrogens with two attached hydrogens (primary N) is 1. The summed E-state index contributed by atoms with van der Waals surface area (Å²) in [6.07, 6.45) is 2.00. The number of nitrogen functional groups attached to an aromatic ring is 1. The van der Waals surface area contributed by atoms with Crippen LogP contribution in [0.1, 0.15) is 34.9 Å². The number of rotatable bonds is 2. The lowest BCUT2D eigenvalue weighted by Crippen LogP contribution is -2.20. The lowest BCUT2D eigenvalue weighted by atomic mass is 9.95. The predicted molar refractivity (Wildman–Crippen MR) is 95.9 cm³/mol. The van der Waals surface area contributed by atoms with E-state index >= 15 is 0 Å². The topological polar surface area (TPSA) is 97.0 Å². The number of nitrogens with zero attached hydrogens (tertiary/aromatic N) is 2. The minimum Gasteiger partial charge on any atom is -0.497 e. The number of aromatic nitrogens is 1. The van der Waals surface area contributed by atoms with Crippen LogP contribution in [0.5, 0.6) is 5.75 Å². The number of anilines is 1. The first-order valence-corrected chi connectivity index (χ1v) is 7.75. The van der Waals surface area contributed by atoms with Gasteiger partial charge in [-0.05, 0) is 54.3 Å². The molecule has 0 spiro atoms. The quantitative estimate of drug-likeness (QED) is 0.915. The van der Waals surface area contributed by atoms with Crippen molar-refractivity contribution in [2.75, 3.05) is 12.8 Å². The molecule has 5 nitrogen and oxygen atoms in total. The molecule has 1 aromatic carbocycles. The maximum Gasteiger partial charge on any atom is 0.289 e. The zero-order chi connectivity index (χ0) is 18.1. The average molecular weight is 329 g/mol. The largest absolute Gasteiger partial charge is 0.497 e. The van der Waals surface area contributed by atoms with E-state index < -0.39 is 0 Å². The molecule has 0 saturated carbocycles. The molecular weight excluding hydrogens is 312 g/mol. The summed E-state index contributed by atoms with van der Waals surface area (Å²) in [4.78, 5) is 3.03. The molecule has 2 aromatic rings. The number of aromatic amines is 1. The zero-order valence-corrected chi connectivity index (χ0v) is 14.3. The monoisotopic (exact) mass is 329 g/mol. The van der Waals surface area contributed by atoms with Crippen molar-refractivity contribution in [3.8, 4) is 17.9 Å². The van der Waals surface area contributed by atoms with E-state index in [9.17, 15) is 10.5 Å². The highest BCUT2D eigenvalue weighted by molar-refractivity contribution is 6.07. The second-order valence-electron chi connectivity index (χ2n) is 5.85. The molecule has 0 amide bonds. The Bertz CT molecular complexity index is 1030. The molecule has 5 heteroatoms. The van der Waals surface area contributed by atoms with Gasteiger partial charge in [0.2, 0.25) is 0 Å². The van der Waals surface area contributed by atoms with E-state index in [4.69, 9.17) is 10.5 Å². The highest BCUT2D eigenvalue weighted by atomic mass is 16.5.